The fraction of sp³-hybridized carbons (Fsp3) is 0.522. The van der Waals surface area contributed by atoms with Gasteiger partial charge in [-0.05, 0) is 57.6 Å². The predicted octanol–water partition coefficient (Wildman–Crippen LogP) is 3.09. The Labute approximate surface area is 197 Å². The van der Waals surface area contributed by atoms with Crippen molar-refractivity contribution >= 4 is 35.0 Å². The van der Waals surface area contributed by atoms with Crippen LogP contribution in [0, 0.1) is 23.0 Å². The van der Waals surface area contributed by atoms with E-state index in [1.54, 1.807) is 18.7 Å². The van der Waals surface area contributed by atoms with Crippen LogP contribution in [0.3, 0.4) is 0 Å². The number of aryl methyl sites for hydroxylation is 1. The van der Waals surface area contributed by atoms with E-state index in [1.807, 2.05) is 0 Å². The molecule has 1 aliphatic heterocycles. The summed E-state index contributed by atoms with van der Waals surface area (Å²) in [4.78, 5) is 53.3. The van der Waals surface area contributed by atoms with Gasteiger partial charge in [0.25, 0.3) is 11.6 Å². The molecule has 2 fully saturated rings. The van der Waals surface area contributed by atoms with Crippen LogP contribution < -0.4 is 5.32 Å². The van der Waals surface area contributed by atoms with E-state index in [9.17, 15) is 24.5 Å². The highest BCUT2D eigenvalue weighted by Crippen LogP contribution is 2.39. The molecule has 1 saturated heterocycles. The van der Waals surface area contributed by atoms with Gasteiger partial charge in [-0.1, -0.05) is 18.2 Å². The summed E-state index contributed by atoms with van der Waals surface area (Å²) in [5.74, 6) is -1.05. The maximum Gasteiger partial charge on any atom is 0.273 e. The summed E-state index contributed by atoms with van der Waals surface area (Å²) in [6.07, 6.45) is 4.09. The third kappa shape index (κ3) is 5.35. The van der Waals surface area contributed by atoms with Crippen LogP contribution in [0.2, 0.25) is 5.02 Å². The molecule has 1 aliphatic carbocycles. The molecular weight excluding hydrogens is 448 g/mol. The number of halogens is 1. The van der Waals surface area contributed by atoms with E-state index in [0.717, 1.165) is 12.8 Å². The van der Waals surface area contributed by atoms with Crippen LogP contribution in [0.4, 0.5) is 5.69 Å². The molecule has 1 saturated carbocycles. The molecule has 1 aromatic carbocycles. The molecule has 10 heteroatoms. The first kappa shape index (κ1) is 24.7. The van der Waals surface area contributed by atoms with Crippen molar-refractivity contribution in [3.05, 3.63) is 51.1 Å². The van der Waals surface area contributed by atoms with Crippen molar-refractivity contribution in [2.45, 2.75) is 51.6 Å². The van der Waals surface area contributed by atoms with E-state index in [-0.39, 0.29) is 40.6 Å². The van der Waals surface area contributed by atoms with Crippen molar-refractivity contribution in [2.24, 2.45) is 5.92 Å². The average molecular weight is 477 g/mol. The topological polar surface area (TPSA) is 113 Å². The van der Waals surface area contributed by atoms with Crippen molar-refractivity contribution in [1.82, 2.24) is 15.1 Å². The fourth-order valence-corrected chi connectivity index (χ4v) is 4.75. The number of carbonyl (C=O) groups excluding carboxylic acids is 3. The predicted molar refractivity (Wildman–Crippen MR) is 124 cm³/mol. The Hall–Kier alpha value is -2.94. The Morgan fingerprint density at radius 1 is 1.36 bits per heavy atom. The third-order valence-electron chi connectivity index (χ3n) is 6.21. The molecular formula is C23H29ClN4O5. The van der Waals surface area contributed by atoms with Crippen molar-refractivity contribution in [3.63, 3.8) is 0 Å². The van der Waals surface area contributed by atoms with E-state index < -0.39 is 22.9 Å². The molecule has 3 amide bonds. The number of nitro benzene ring substituents is 1. The molecule has 9 nitrogen and oxygen atoms in total. The quantitative estimate of drug-likeness (QED) is 0.352. The molecule has 1 aromatic rings. The second-order valence-electron chi connectivity index (χ2n) is 8.55. The summed E-state index contributed by atoms with van der Waals surface area (Å²) in [7, 11) is 0. The Bertz CT molecular complexity index is 978. The summed E-state index contributed by atoms with van der Waals surface area (Å²) >= 11 is 6.38. The van der Waals surface area contributed by atoms with Gasteiger partial charge in [-0.15, -0.1) is 0 Å². The highest BCUT2D eigenvalue weighted by molar-refractivity contribution is 6.34. The van der Waals surface area contributed by atoms with Gasteiger partial charge >= 0.3 is 0 Å². The van der Waals surface area contributed by atoms with Gasteiger partial charge in [-0.3, -0.25) is 24.5 Å². The van der Waals surface area contributed by atoms with Gasteiger partial charge in [-0.25, -0.2) is 0 Å². The second kappa shape index (κ2) is 10.3. The lowest BCUT2D eigenvalue weighted by Crippen LogP contribution is -2.59. The maximum atomic E-state index is 13.9. The van der Waals surface area contributed by atoms with E-state index >= 15 is 0 Å². The Balaban J connectivity index is 2.07. The van der Waals surface area contributed by atoms with Crippen LogP contribution in [0.25, 0.3) is 0 Å². The van der Waals surface area contributed by atoms with E-state index in [2.05, 4.69) is 11.9 Å². The van der Waals surface area contributed by atoms with Gasteiger partial charge in [0.15, 0.2) is 0 Å². The monoisotopic (exact) mass is 476 g/mol. The zero-order valence-corrected chi connectivity index (χ0v) is 19.6. The molecule has 0 aromatic heterocycles. The first-order chi connectivity index (χ1) is 15.7. The summed E-state index contributed by atoms with van der Waals surface area (Å²) in [5, 5.41) is 14.4. The molecule has 178 valence electrons. The zero-order chi connectivity index (χ0) is 24.3. The number of piperidine rings is 1. The highest BCUT2D eigenvalue weighted by Gasteiger charge is 2.46. The second-order valence-corrected chi connectivity index (χ2v) is 8.96. The lowest BCUT2D eigenvalue weighted by molar-refractivity contribution is -0.385. The van der Waals surface area contributed by atoms with E-state index in [1.165, 1.54) is 23.1 Å². The van der Waals surface area contributed by atoms with Crippen molar-refractivity contribution in [1.29, 1.82) is 0 Å². The standard InChI is InChI=1S/C23H29ClN4O5/c1-4-20(29)26-10-6-7-16(13-26)27(21(15-8-9-15)22(30)25-5-2)23(31)17-12-19(28(32)33)14(3)11-18(17)24/h4,11-12,15-16,21H,1,5-10,13H2,2-3H3,(H,25,30). The lowest BCUT2D eigenvalue weighted by atomic mass is 9.97. The number of nitrogens with zero attached hydrogens (tertiary/aromatic N) is 3. The average Bonchev–Trinajstić information content (AvgIpc) is 3.61. The van der Waals surface area contributed by atoms with Crippen LogP contribution in [-0.4, -0.2) is 64.2 Å². The highest BCUT2D eigenvalue weighted by atomic mass is 35.5. The normalized spacial score (nSPS) is 18.9. The van der Waals surface area contributed by atoms with Crippen LogP contribution in [0.1, 0.15) is 48.5 Å². The van der Waals surface area contributed by atoms with Crippen LogP contribution >= 0.6 is 11.6 Å². The largest absolute Gasteiger partial charge is 0.355 e. The molecule has 2 aliphatic rings. The molecule has 1 heterocycles. The number of likely N-dealkylation sites (tertiary alicyclic amines) is 1. The summed E-state index contributed by atoms with van der Waals surface area (Å²) in [6.45, 7) is 8.10. The van der Waals surface area contributed by atoms with Crippen LogP contribution in [0.5, 0.6) is 0 Å². The molecule has 0 bridgehead atoms. The molecule has 0 spiro atoms. The number of benzene rings is 1. The molecule has 2 atom stereocenters. The van der Waals surface area contributed by atoms with Crippen LogP contribution in [-0.2, 0) is 9.59 Å². The fourth-order valence-electron chi connectivity index (χ4n) is 4.45. The lowest BCUT2D eigenvalue weighted by Gasteiger charge is -2.42. The van der Waals surface area contributed by atoms with Gasteiger partial charge in [0.1, 0.15) is 6.04 Å². The van der Waals surface area contributed by atoms with Gasteiger partial charge in [-0.2, -0.15) is 0 Å². The van der Waals surface area contributed by atoms with Gasteiger partial charge < -0.3 is 15.1 Å². The van der Waals surface area contributed by atoms with Crippen molar-refractivity contribution in [3.8, 4) is 0 Å². The van der Waals surface area contributed by atoms with E-state index in [4.69, 9.17) is 11.6 Å². The summed E-state index contributed by atoms with van der Waals surface area (Å²) in [6, 6.07) is 1.42. The molecule has 0 radical (unpaired) electrons. The number of rotatable bonds is 8. The summed E-state index contributed by atoms with van der Waals surface area (Å²) in [5.41, 5.74) is 0.114. The number of likely N-dealkylation sites (N-methyl/N-ethyl adjacent to an activating group) is 1. The Morgan fingerprint density at radius 2 is 2.06 bits per heavy atom. The zero-order valence-electron chi connectivity index (χ0n) is 18.9. The van der Waals surface area contributed by atoms with Crippen LogP contribution in [0.15, 0.2) is 24.8 Å². The molecule has 2 unspecified atom stereocenters. The SMILES string of the molecule is C=CC(=O)N1CCCC(N(C(=O)c2cc([N+](=O)[O-])c(C)cc2Cl)C(C(=O)NCC)C2CC2)C1. The van der Waals surface area contributed by atoms with Gasteiger partial charge in [0.05, 0.1) is 21.6 Å². The number of hydrogen-bond acceptors (Lipinski definition) is 5. The molecule has 1 N–H and O–H groups in total. The minimum Gasteiger partial charge on any atom is -0.355 e. The number of amides is 3. The van der Waals surface area contributed by atoms with Gasteiger partial charge in [0, 0.05) is 31.3 Å². The molecule has 3 rings (SSSR count). The Morgan fingerprint density at radius 3 is 2.64 bits per heavy atom. The number of hydrogen-bond donors (Lipinski definition) is 1. The number of carbonyl (C=O) groups is 3. The van der Waals surface area contributed by atoms with Crippen molar-refractivity contribution < 1.29 is 19.3 Å². The summed E-state index contributed by atoms with van der Waals surface area (Å²) < 4.78 is 0. The maximum absolute atomic E-state index is 13.9. The minimum atomic E-state index is -0.738. The minimum absolute atomic E-state index is 0.00908. The first-order valence-electron chi connectivity index (χ1n) is 11.2. The van der Waals surface area contributed by atoms with Crippen molar-refractivity contribution in [2.75, 3.05) is 19.6 Å². The Kier molecular flexibility index (Phi) is 7.73. The number of nitro groups is 1. The number of nitrogens with one attached hydrogen (secondary N) is 1. The first-order valence-corrected chi connectivity index (χ1v) is 11.5. The smallest absolute Gasteiger partial charge is 0.273 e. The third-order valence-corrected chi connectivity index (χ3v) is 6.52. The van der Waals surface area contributed by atoms with E-state index in [0.29, 0.717) is 31.5 Å². The van der Waals surface area contributed by atoms with Gasteiger partial charge in [0.2, 0.25) is 11.8 Å². The molecule has 33 heavy (non-hydrogen) atoms.